The molecule has 1 aliphatic heterocycles. The third-order valence-corrected chi connectivity index (χ3v) is 4.86. The van der Waals surface area contributed by atoms with Crippen molar-refractivity contribution in [2.45, 2.75) is 13.3 Å². The van der Waals surface area contributed by atoms with Crippen LogP contribution in [-0.2, 0) is 18.0 Å². The molecule has 0 saturated carbocycles. The molecule has 8 nitrogen and oxygen atoms in total. The first-order chi connectivity index (χ1) is 13.2. The van der Waals surface area contributed by atoms with E-state index in [4.69, 9.17) is 20.2 Å². The number of benzene rings is 1. The van der Waals surface area contributed by atoms with Gasteiger partial charge in [0.15, 0.2) is 5.65 Å². The minimum Gasteiger partial charge on any atom is -0.480 e. The second-order valence-corrected chi connectivity index (χ2v) is 6.45. The monoisotopic (exact) mass is 363 g/mol. The Balaban J connectivity index is 1.69. The quantitative estimate of drug-likeness (QED) is 0.585. The van der Waals surface area contributed by atoms with E-state index in [1.165, 1.54) is 7.11 Å². The molecule has 3 aromatic heterocycles. The molecule has 0 aliphatic carbocycles. The fraction of sp³-hybridized carbons (Fsp3) is 0.211. The summed E-state index contributed by atoms with van der Waals surface area (Å²) in [6, 6.07) is 9.60. The molecule has 0 amide bonds. The van der Waals surface area contributed by atoms with Gasteiger partial charge in [-0.25, -0.2) is 19.3 Å². The number of nitrogen functional groups attached to an aromatic ring is 1. The van der Waals surface area contributed by atoms with Crippen LogP contribution in [0, 0.1) is 0 Å². The van der Waals surface area contributed by atoms with Crippen LogP contribution >= 0.6 is 0 Å². The molecule has 2 N–H and O–H groups in total. The van der Waals surface area contributed by atoms with Gasteiger partial charge in [-0.05, 0) is 29.8 Å². The molecule has 0 radical (unpaired) electrons. The fourth-order valence-electron chi connectivity index (χ4n) is 3.52. The molecule has 4 heterocycles. The number of rotatable bonds is 2. The van der Waals surface area contributed by atoms with Crippen molar-refractivity contribution < 1.29 is 9.47 Å². The van der Waals surface area contributed by atoms with Crippen molar-refractivity contribution in [2.75, 3.05) is 19.5 Å². The van der Waals surface area contributed by atoms with Crippen LogP contribution < -0.4 is 16.0 Å². The van der Waals surface area contributed by atoms with Crippen LogP contribution in [0.5, 0.6) is 5.88 Å². The van der Waals surface area contributed by atoms with Gasteiger partial charge in [-0.15, -0.1) is 0 Å². The Bertz CT molecular complexity index is 1260. The maximum atomic E-state index is 12.7. The van der Waals surface area contributed by atoms with Crippen LogP contribution in [0.3, 0.4) is 0 Å². The average molecular weight is 363 g/mol. The molecule has 136 valence electrons. The third-order valence-electron chi connectivity index (χ3n) is 4.86. The van der Waals surface area contributed by atoms with Gasteiger partial charge < -0.3 is 15.2 Å². The van der Waals surface area contributed by atoms with Gasteiger partial charge in [-0.3, -0.25) is 4.79 Å². The zero-order valence-corrected chi connectivity index (χ0v) is 14.7. The Morgan fingerprint density at radius 3 is 2.89 bits per heavy atom. The summed E-state index contributed by atoms with van der Waals surface area (Å²) in [5.41, 5.74) is 9.68. The zero-order valence-electron chi connectivity index (χ0n) is 14.7. The minimum absolute atomic E-state index is 0.0385. The molecule has 8 heteroatoms. The highest BCUT2D eigenvalue weighted by Crippen LogP contribution is 2.29. The molecule has 0 saturated heterocycles. The van der Waals surface area contributed by atoms with Crippen molar-refractivity contribution in [3.63, 3.8) is 0 Å². The fourth-order valence-corrected chi connectivity index (χ4v) is 3.52. The van der Waals surface area contributed by atoms with E-state index in [1.54, 1.807) is 15.6 Å². The molecule has 1 aliphatic rings. The number of anilines is 1. The van der Waals surface area contributed by atoms with E-state index in [9.17, 15) is 4.79 Å². The Morgan fingerprint density at radius 1 is 1.19 bits per heavy atom. The highest BCUT2D eigenvalue weighted by molar-refractivity contribution is 5.93. The predicted octanol–water partition coefficient (Wildman–Crippen LogP) is 1.99. The number of aromatic nitrogens is 4. The predicted molar refractivity (Wildman–Crippen MR) is 102 cm³/mol. The van der Waals surface area contributed by atoms with Crippen LogP contribution in [0.1, 0.15) is 0 Å². The Kier molecular flexibility index (Phi) is 3.41. The summed E-state index contributed by atoms with van der Waals surface area (Å²) >= 11 is 0. The zero-order chi connectivity index (χ0) is 18.5. The molecule has 5 rings (SSSR count). The number of methoxy groups -OCH3 is 1. The molecule has 0 bridgehead atoms. The second-order valence-electron chi connectivity index (χ2n) is 6.45. The topological polar surface area (TPSA) is 97.2 Å². The summed E-state index contributed by atoms with van der Waals surface area (Å²) in [6.07, 6.45) is 1.71. The summed E-state index contributed by atoms with van der Waals surface area (Å²) in [5.74, 6) is 0.401. The van der Waals surface area contributed by atoms with E-state index in [2.05, 4.69) is 4.98 Å². The van der Waals surface area contributed by atoms with Crippen molar-refractivity contribution in [2.24, 2.45) is 0 Å². The van der Waals surface area contributed by atoms with E-state index in [0.29, 0.717) is 42.5 Å². The number of fused-ring (bicyclic) bond motifs is 4. The summed E-state index contributed by atoms with van der Waals surface area (Å²) in [5, 5.41) is 1.48. The lowest BCUT2D eigenvalue weighted by molar-refractivity contribution is 0.0175. The standard InChI is InChI=1S/C19H17N5O3/c1-26-18-15(20)8-13(9-21-18)11-2-3-16-12(6-11)7-14-17(22-16)24-10-27-5-4-23(24)19(14)25/h2-3,6-9H,4-5,10,20H2,1H3. The number of nitrogens with zero attached hydrogens (tertiary/aromatic N) is 4. The van der Waals surface area contributed by atoms with E-state index in [0.717, 1.165) is 22.0 Å². The summed E-state index contributed by atoms with van der Waals surface area (Å²) in [6.45, 7) is 1.41. The van der Waals surface area contributed by atoms with Crippen molar-refractivity contribution in [1.82, 2.24) is 19.3 Å². The molecule has 0 atom stereocenters. The number of nitrogens with two attached hydrogens (primary N) is 1. The lowest BCUT2D eigenvalue weighted by atomic mass is 10.0. The van der Waals surface area contributed by atoms with Crippen LogP contribution in [0.25, 0.3) is 33.1 Å². The third kappa shape index (κ3) is 2.37. The number of ether oxygens (including phenoxy) is 2. The van der Waals surface area contributed by atoms with E-state index >= 15 is 0 Å². The van der Waals surface area contributed by atoms with Gasteiger partial charge in [-0.1, -0.05) is 6.07 Å². The molecule has 27 heavy (non-hydrogen) atoms. The van der Waals surface area contributed by atoms with Crippen LogP contribution in [0.15, 0.2) is 41.3 Å². The number of hydrogen-bond donors (Lipinski definition) is 1. The van der Waals surface area contributed by atoms with Crippen LogP contribution in [0.4, 0.5) is 5.69 Å². The SMILES string of the molecule is COc1ncc(-c2ccc3nc4c(cc3c2)c(=O)n2n4COCC2)cc1N. The Labute approximate surface area is 153 Å². The summed E-state index contributed by atoms with van der Waals surface area (Å²) in [7, 11) is 1.53. The molecule has 1 aromatic carbocycles. The van der Waals surface area contributed by atoms with Crippen molar-refractivity contribution >= 4 is 27.6 Å². The molecule has 0 unspecified atom stereocenters. The smallest absolute Gasteiger partial charge is 0.276 e. The first-order valence-electron chi connectivity index (χ1n) is 8.57. The minimum atomic E-state index is -0.0385. The van der Waals surface area contributed by atoms with E-state index in [1.807, 2.05) is 30.3 Å². The first kappa shape index (κ1) is 15.8. The van der Waals surface area contributed by atoms with Gasteiger partial charge in [0, 0.05) is 17.1 Å². The molecule has 4 aromatic rings. The summed E-state index contributed by atoms with van der Waals surface area (Å²) < 4.78 is 14.1. The Morgan fingerprint density at radius 2 is 2.07 bits per heavy atom. The van der Waals surface area contributed by atoms with Crippen molar-refractivity contribution in [3.8, 4) is 17.0 Å². The van der Waals surface area contributed by atoms with Gasteiger partial charge in [-0.2, -0.15) is 0 Å². The van der Waals surface area contributed by atoms with Gasteiger partial charge in [0.2, 0.25) is 5.88 Å². The average Bonchev–Trinajstić information content (AvgIpc) is 2.98. The highest BCUT2D eigenvalue weighted by Gasteiger charge is 2.18. The molecular weight excluding hydrogens is 346 g/mol. The van der Waals surface area contributed by atoms with Gasteiger partial charge in [0.1, 0.15) is 6.73 Å². The lowest BCUT2D eigenvalue weighted by Crippen LogP contribution is -2.30. The van der Waals surface area contributed by atoms with Gasteiger partial charge >= 0.3 is 0 Å². The van der Waals surface area contributed by atoms with Crippen molar-refractivity contribution in [1.29, 1.82) is 0 Å². The van der Waals surface area contributed by atoms with E-state index in [-0.39, 0.29) is 5.56 Å². The second kappa shape index (κ2) is 5.82. The molecular formula is C19H17N5O3. The van der Waals surface area contributed by atoms with E-state index < -0.39 is 0 Å². The molecule has 0 spiro atoms. The van der Waals surface area contributed by atoms with Crippen LogP contribution in [0.2, 0.25) is 0 Å². The van der Waals surface area contributed by atoms with Crippen molar-refractivity contribution in [3.05, 3.63) is 46.9 Å². The largest absolute Gasteiger partial charge is 0.480 e. The Hall–Kier alpha value is -3.39. The maximum absolute atomic E-state index is 12.7. The highest BCUT2D eigenvalue weighted by atomic mass is 16.5. The maximum Gasteiger partial charge on any atom is 0.276 e. The lowest BCUT2D eigenvalue weighted by Gasteiger charge is -2.17. The molecule has 0 fully saturated rings. The summed E-state index contributed by atoms with van der Waals surface area (Å²) in [4.78, 5) is 21.6. The number of pyridine rings is 2. The van der Waals surface area contributed by atoms with Crippen LogP contribution in [-0.4, -0.2) is 33.0 Å². The number of hydrogen-bond acceptors (Lipinski definition) is 6. The van der Waals surface area contributed by atoms with Gasteiger partial charge in [0.25, 0.3) is 5.56 Å². The first-order valence-corrected chi connectivity index (χ1v) is 8.57. The van der Waals surface area contributed by atoms with Gasteiger partial charge in [0.05, 0.1) is 36.9 Å². The normalized spacial score (nSPS) is 13.8.